The maximum Gasteiger partial charge on any atom is 0.292 e. The summed E-state index contributed by atoms with van der Waals surface area (Å²) in [5, 5.41) is 15.4. The van der Waals surface area contributed by atoms with Crippen molar-refractivity contribution in [2.45, 2.75) is 29.9 Å². The molecular weight excluding hydrogens is 404 g/mol. The molecule has 3 aromatic rings. The van der Waals surface area contributed by atoms with Gasteiger partial charge in [0, 0.05) is 16.8 Å². The molecule has 1 aliphatic rings. The van der Waals surface area contributed by atoms with E-state index in [4.69, 9.17) is 5.73 Å². The number of carbonyl (C=O) groups is 1. The third-order valence-corrected chi connectivity index (χ3v) is 5.46. The zero-order valence-electron chi connectivity index (χ0n) is 16.0. The van der Waals surface area contributed by atoms with Gasteiger partial charge in [0.1, 0.15) is 0 Å². The summed E-state index contributed by atoms with van der Waals surface area (Å²) in [5.41, 5.74) is 13.2. The van der Waals surface area contributed by atoms with Crippen molar-refractivity contribution in [3.05, 3.63) is 65.6 Å². The minimum absolute atomic E-state index is 0.0611. The van der Waals surface area contributed by atoms with Crippen LogP contribution in [0.4, 0.5) is 5.82 Å². The number of nitrogens with one attached hydrogen (secondary N) is 2. The molecule has 0 bridgehead atoms. The molecule has 0 fully saturated rings. The van der Waals surface area contributed by atoms with Gasteiger partial charge in [0.25, 0.3) is 5.91 Å². The molecule has 0 atom stereocenters. The first-order valence-corrected chi connectivity index (χ1v) is 10.3. The number of benzene rings is 1. The van der Waals surface area contributed by atoms with E-state index in [0.717, 1.165) is 24.2 Å². The Morgan fingerprint density at radius 1 is 1.27 bits per heavy atom. The Labute approximate surface area is 176 Å². The molecule has 10 nitrogen and oxygen atoms in total. The van der Waals surface area contributed by atoms with Crippen LogP contribution in [0.5, 0.6) is 0 Å². The van der Waals surface area contributed by atoms with Crippen LogP contribution in [0.3, 0.4) is 0 Å². The van der Waals surface area contributed by atoms with Crippen molar-refractivity contribution in [1.82, 2.24) is 36.2 Å². The van der Waals surface area contributed by atoms with E-state index < -0.39 is 5.91 Å². The number of carbonyl (C=O) groups excluding carboxylic acids is 1. The van der Waals surface area contributed by atoms with Gasteiger partial charge in [0.15, 0.2) is 5.69 Å². The van der Waals surface area contributed by atoms with Gasteiger partial charge in [0.2, 0.25) is 11.6 Å². The lowest BCUT2D eigenvalue weighted by molar-refractivity contribution is 0.0935. The summed E-state index contributed by atoms with van der Waals surface area (Å²) in [6, 6.07) is 9.80. The van der Waals surface area contributed by atoms with Crippen LogP contribution in [-0.2, 0) is 5.75 Å². The highest BCUT2D eigenvalue weighted by atomic mass is 32.2. The van der Waals surface area contributed by atoms with E-state index in [1.54, 1.807) is 0 Å². The number of hydrazine groups is 1. The van der Waals surface area contributed by atoms with Crippen molar-refractivity contribution in [3.8, 4) is 5.82 Å². The van der Waals surface area contributed by atoms with Crippen molar-refractivity contribution in [3.63, 3.8) is 0 Å². The lowest BCUT2D eigenvalue weighted by Gasteiger charge is -2.10. The van der Waals surface area contributed by atoms with E-state index in [2.05, 4.69) is 48.3 Å². The molecule has 1 aromatic carbocycles. The number of anilines is 1. The van der Waals surface area contributed by atoms with Crippen molar-refractivity contribution >= 4 is 23.5 Å². The Morgan fingerprint density at radius 2 is 2.13 bits per heavy atom. The van der Waals surface area contributed by atoms with Crippen molar-refractivity contribution in [1.29, 1.82) is 0 Å². The number of nitrogen functional groups attached to an aromatic ring is 1. The molecule has 0 radical (unpaired) electrons. The Hall–Kier alpha value is -3.60. The molecule has 2 heterocycles. The second-order valence-electron chi connectivity index (χ2n) is 6.49. The lowest BCUT2D eigenvalue weighted by atomic mass is 10.0. The van der Waals surface area contributed by atoms with Gasteiger partial charge in [-0.2, -0.15) is 4.68 Å². The van der Waals surface area contributed by atoms with E-state index in [1.807, 2.05) is 36.5 Å². The minimum atomic E-state index is -0.414. The SMILES string of the molecule is Nc1nonc1-n1nnc(C(=O)NN/C=C2\CC=CCC2)c1CSc1ccccc1. The van der Waals surface area contributed by atoms with Gasteiger partial charge in [-0.05, 0) is 47.3 Å². The molecule has 0 aliphatic heterocycles. The van der Waals surface area contributed by atoms with Gasteiger partial charge >= 0.3 is 0 Å². The monoisotopic (exact) mass is 424 g/mol. The van der Waals surface area contributed by atoms with Crippen LogP contribution in [0, 0.1) is 0 Å². The third kappa shape index (κ3) is 4.51. The normalized spacial score (nSPS) is 14.7. The van der Waals surface area contributed by atoms with E-state index in [9.17, 15) is 4.79 Å². The summed E-state index contributed by atoms with van der Waals surface area (Å²) in [6.45, 7) is 0. The molecule has 30 heavy (non-hydrogen) atoms. The second kappa shape index (κ2) is 9.27. The van der Waals surface area contributed by atoms with Crippen LogP contribution in [0.15, 0.2) is 63.8 Å². The fraction of sp³-hybridized carbons (Fsp3) is 0.211. The van der Waals surface area contributed by atoms with Crippen molar-refractivity contribution in [2.75, 3.05) is 5.73 Å². The van der Waals surface area contributed by atoms with Gasteiger partial charge in [-0.3, -0.25) is 10.2 Å². The summed E-state index contributed by atoms with van der Waals surface area (Å²) in [6.07, 6.45) is 8.91. The Kier molecular flexibility index (Phi) is 6.09. The van der Waals surface area contributed by atoms with Gasteiger partial charge in [-0.15, -0.1) is 16.9 Å². The highest BCUT2D eigenvalue weighted by molar-refractivity contribution is 7.98. The molecule has 4 N–H and O–H groups in total. The van der Waals surface area contributed by atoms with E-state index in [0.29, 0.717) is 11.4 Å². The van der Waals surface area contributed by atoms with E-state index in [-0.39, 0.29) is 17.3 Å². The highest BCUT2D eigenvalue weighted by Gasteiger charge is 2.24. The summed E-state index contributed by atoms with van der Waals surface area (Å²) in [7, 11) is 0. The Morgan fingerprint density at radius 3 is 2.87 bits per heavy atom. The maximum atomic E-state index is 12.8. The van der Waals surface area contributed by atoms with E-state index >= 15 is 0 Å². The second-order valence-corrected chi connectivity index (χ2v) is 7.54. The highest BCUT2D eigenvalue weighted by Crippen LogP contribution is 2.25. The largest absolute Gasteiger partial charge is 0.378 e. The quantitative estimate of drug-likeness (QED) is 0.296. The van der Waals surface area contributed by atoms with Crippen LogP contribution >= 0.6 is 11.8 Å². The van der Waals surface area contributed by atoms with Gasteiger partial charge in [-0.1, -0.05) is 35.6 Å². The van der Waals surface area contributed by atoms with Crippen LogP contribution in [-0.4, -0.2) is 31.2 Å². The average molecular weight is 424 g/mol. The third-order valence-electron chi connectivity index (χ3n) is 4.43. The summed E-state index contributed by atoms with van der Waals surface area (Å²) >= 11 is 1.53. The maximum absolute atomic E-state index is 12.8. The van der Waals surface area contributed by atoms with Crippen LogP contribution in [0.25, 0.3) is 5.82 Å². The number of allylic oxidation sites excluding steroid dienone is 3. The first kappa shape index (κ1) is 19.7. The predicted octanol–water partition coefficient (Wildman–Crippen LogP) is 2.38. The predicted molar refractivity (Wildman–Crippen MR) is 111 cm³/mol. The summed E-state index contributed by atoms with van der Waals surface area (Å²) in [5.74, 6) is 0.251. The Balaban J connectivity index is 1.54. The molecule has 1 aliphatic carbocycles. The number of rotatable bonds is 7. The minimum Gasteiger partial charge on any atom is -0.378 e. The molecule has 2 aromatic heterocycles. The smallest absolute Gasteiger partial charge is 0.292 e. The number of amides is 1. The van der Waals surface area contributed by atoms with Crippen molar-refractivity contribution in [2.24, 2.45) is 0 Å². The van der Waals surface area contributed by atoms with Crippen LogP contribution in [0.2, 0.25) is 0 Å². The number of nitrogens with two attached hydrogens (primary N) is 1. The molecule has 0 saturated heterocycles. The van der Waals surface area contributed by atoms with E-state index in [1.165, 1.54) is 22.0 Å². The van der Waals surface area contributed by atoms with Gasteiger partial charge in [-0.25, -0.2) is 4.63 Å². The summed E-state index contributed by atoms with van der Waals surface area (Å²) < 4.78 is 6.05. The molecule has 11 heteroatoms. The molecule has 0 spiro atoms. The molecule has 154 valence electrons. The van der Waals surface area contributed by atoms with Crippen molar-refractivity contribution < 1.29 is 9.42 Å². The number of hydrogen-bond acceptors (Lipinski definition) is 9. The van der Waals surface area contributed by atoms with Gasteiger partial charge in [0.05, 0.1) is 5.69 Å². The number of thioether (sulfide) groups is 1. The lowest BCUT2D eigenvalue weighted by Crippen LogP contribution is -2.34. The zero-order chi connectivity index (χ0) is 20.8. The van der Waals surface area contributed by atoms with Crippen LogP contribution < -0.4 is 16.6 Å². The Bertz CT molecular complexity index is 1070. The first-order valence-electron chi connectivity index (χ1n) is 9.32. The average Bonchev–Trinajstić information content (AvgIpc) is 3.39. The summed E-state index contributed by atoms with van der Waals surface area (Å²) in [4.78, 5) is 13.8. The standard InChI is InChI=1S/C19H20N8O2S/c20-17-18(25-29-24-17)27-15(12-30-14-9-5-2-6-10-14)16(22-26-27)19(28)23-21-11-13-7-3-1-4-8-13/h1-3,5-6,9-11,21H,4,7-8,12H2,(H2,20,24)(H,23,28)/b13-11+. The number of aromatic nitrogens is 5. The molecule has 4 rings (SSSR count). The number of nitrogens with zero attached hydrogens (tertiary/aromatic N) is 5. The fourth-order valence-corrected chi connectivity index (χ4v) is 3.81. The fourth-order valence-electron chi connectivity index (χ4n) is 2.90. The van der Waals surface area contributed by atoms with Crippen LogP contribution in [0.1, 0.15) is 35.4 Å². The number of hydrogen-bond donors (Lipinski definition) is 3. The molecule has 0 unspecified atom stereocenters. The zero-order valence-corrected chi connectivity index (χ0v) is 16.8. The first-order chi connectivity index (χ1) is 14.7. The molecule has 1 amide bonds. The molecular formula is C19H20N8O2S. The topological polar surface area (TPSA) is 137 Å². The van der Waals surface area contributed by atoms with Gasteiger partial charge < -0.3 is 11.2 Å². The molecule has 0 saturated carbocycles.